The Hall–Kier alpha value is -1.11. The lowest BCUT2D eigenvalue weighted by Crippen LogP contribution is -2.45. The molecule has 108 valence electrons. The van der Waals surface area contributed by atoms with Gasteiger partial charge in [0.25, 0.3) is 0 Å². The molecule has 6 heteroatoms. The number of sulfonamides is 1. The zero-order valence-electron chi connectivity index (χ0n) is 11.9. The van der Waals surface area contributed by atoms with Gasteiger partial charge in [-0.3, -0.25) is 0 Å². The first-order valence-corrected chi connectivity index (χ1v) is 7.74. The van der Waals surface area contributed by atoms with Crippen molar-refractivity contribution in [2.75, 3.05) is 26.4 Å². The van der Waals surface area contributed by atoms with Crippen molar-refractivity contribution in [2.24, 2.45) is 5.92 Å². The standard InChI is InChI=1S/C13H23N3O2S/c1-10(2)12(9-16(3)4)15-19(17,18)13-8-6-5-7-11(13)14/h5-8,10,12,15H,9,14H2,1-4H3. The number of para-hydroxylation sites is 1. The topological polar surface area (TPSA) is 75.4 Å². The fourth-order valence-corrected chi connectivity index (χ4v) is 3.27. The summed E-state index contributed by atoms with van der Waals surface area (Å²) in [6.07, 6.45) is 0. The van der Waals surface area contributed by atoms with Gasteiger partial charge >= 0.3 is 0 Å². The molecule has 1 aromatic rings. The number of benzene rings is 1. The van der Waals surface area contributed by atoms with Gasteiger partial charge in [-0.05, 0) is 32.1 Å². The second kappa shape index (κ2) is 6.36. The largest absolute Gasteiger partial charge is 0.398 e. The van der Waals surface area contributed by atoms with Crippen LogP contribution in [0.4, 0.5) is 5.69 Å². The predicted molar refractivity (Wildman–Crippen MR) is 78.4 cm³/mol. The van der Waals surface area contributed by atoms with Gasteiger partial charge in [-0.15, -0.1) is 0 Å². The highest BCUT2D eigenvalue weighted by atomic mass is 32.2. The Kier molecular flexibility index (Phi) is 5.34. The Labute approximate surface area is 115 Å². The molecule has 1 aromatic carbocycles. The van der Waals surface area contributed by atoms with Crippen molar-refractivity contribution in [3.63, 3.8) is 0 Å². The Balaban J connectivity index is 2.98. The highest BCUT2D eigenvalue weighted by Gasteiger charge is 2.24. The van der Waals surface area contributed by atoms with E-state index in [9.17, 15) is 8.42 Å². The lowest BCUT2D eigenvalue weighted by molar-refractivity contribution is 0.314. The van der Waals surface area contributed by atoms with E-state index < -0.39 is 10.0 Å². The van der Waals surface area contributed by atoms with Crippen LogP contribution in [0, 0.1) is 5.92 Å². The number of nitrogens with zero attached hydrogens (tertiary/aromatic N) is 1. The highest BCUT2D eigenvalue weighted by molar-refractivity contribution is 7.89. The SMILES string of the molecule is CC(C)C(CN(C)C)NS(=O)(=O)c1ccccc1N. The second-order valence-corrected chi connectivity index (χ2v) is 6.95. The Bertz CT molecular complexity index is 512. The summed E-state index contributed by atoms with van der Waals surface area (Å²) in [6, 6.07) is 6.34. The third-order valence-corrected chi connectivity index (χ3v) is 4.45. The van der Waals surface area contributed by atoms with Crippen LogP contribution in [0.15, 0.2) is 29.2 Å². The molecule has 0 amide bonds. The monoisotopic (exact) mass is 285 g/mol. The summed E-state index contributed by atoms with van der Waals surface area (Å²) in [7, 11) is 0.252. The molecule has 0 heterocycles. The van der Waals surface area contributed by atoms with Crippen molar-refractivity contribution in [2.45, 2.75) is 24.8 Å². The molecule has 1 rings (SSSR count). The minimum atomic E-state index is -3.58. The summed E-state index contributed by atoms with van der Waals surface area (Å²) in [5.41, 5.74) is 6.00. The highest BCUT2D eigenvalue weighted by Crippen LogP contribution is 2.18. The van der Waals surface area contributed by atoms with E-state index in [1.807, 2.05) is 32.8 Å². The van der Waals surface area contributed by atoms with Gasteiger partial charge in [0, 0.05) is 12.6 Å². The number of rotatable bonds is 6. The third-order valence-electron chi connectivity index (χ3n) is 2.88. The zero-order chi connectivity index (χ0) is 14.6. The molecule has 1 atom stereocenters. The minimum Gasteiger partial charge on any atom is -0.398 e. The Morgan fingerprint density at radius 1 is 1.26 bits per heavy atom. The van der Waals surface area contributed by atoms with Gasteiger partial charge in [-0.1, -0.05) is 26.0 Å². The maximum atomic E-state index is 12.3. The van der Waals surface area contributed by atoms with Crippen molar-refractivity contribution < 1.29 is 8.42 Å². The molecule has 3 N–H and O–H groups in total. The Morgan fingerprint density at radius 2 is 1.84 bits per heavy atom. The smallest absolute Gasteiger partial charge is 0.242 e. The van der Waals surface area contributed by atoms with Gasteiger partial charge in [0.1, 0.15) is 4.90 Å². The van der Waals surface area contributed by atoms with Crippen LogP contribution in [0.2, 0.25) is 0 Å². The molecule has 0 radical (unpaired) electrons. The first-order valence-electron chi connectivity index (χ1n) is 6.25. The average molecular weight is 285 g/mol. The zero-order valence-corrected chi connectivity index (χ0v) is 12.7. The molecule has 0 aliphatic rings. The molecular weight excluding hydrogens is 262 g/mol. The molecule has 0 saturated carbocycles. The molecule has 0 fully saturated rings. The number of hydrogen-bond acceptors (Lipinski definition) is 4. The van der Waals surface area contributed by atoms with Crippen LogP contribution >= 0.6 is 0 Å². The van der Waals surface area contributed by atoms with Crippen LogP contribution in [0.5, 0.6) is 0 Å². The first kappa shape index (κ1) is 15.9. The summed E-state index contributed by atoms with van der Waals surface area (Å²) in [5, 5.41) is 0. The van der Waals surface area contributed by atoms with Gasteiger partial charge < -0.3 is 10.6 Å². The van der Waals surface area contributed by atoms with Gasteiger partial charge in [0.2, 0.25) is 10.0 Å². The lowest BCUT2D eigenvalue weighted by Gasteiger charge is -2.25. The molecule has 1 unspecified atom stereocenters. The van der Waals surface area contributed by atoms with E-state index in [-0.39, 0.29) is 22.5 Å². The van der Waals surface area contributed by atoms with E-state index in [4.69, 9.17) is 5.73 Å². The van der Waals surface area contributed by atoms with Crippen LogP contribution in [0.25, 0.3) is 0 Å². The molecule has 19 heavy (non-hydrogen) atoms. The summed E-state index contributed by atoms with van der Waals surface area (Å²) >= 11 is 0. The number of nitrogens with two attached hydrogens (primary N) is 1. The van der Waals surface area contributed by atoms with Crippen molar-refractivity contribution >= 4 is 15.7 Å². The van der Waals surface area contributed by atoms with Gasteiger partial charge in [-0.25, -0.2) is 13.1 Å². The van der Waals surface area contributed by atoms with Crippen LogP contribution in [-0.4, -0.2) is 40.0 Å². The molecule has 5 nitrogen and oxygen atoms in total. The molecule has 0 aromatic heterocycles. The van der Waals surface area contributed by atoms with Crippen molar-refractivity contribution in [3.8, 4) is 0 Å². The minimum absolute atomic E-state index is 0.138. The molecule has 0 spiro atoms. The number of likely N-dealkylation sites (N-methyl/N-ethyl adjacent to an activating group) is 1. The predicted octanol–water partition coefficient (Wildman–Crippen LogP) is 1.13. The maximum absolute atomic E-state index is 12.3. The quantitative estimate of drug-likeness (QED) is 0.768. The second-order valence-electron chi connectivity index (χ2n) is 5.27. The summed E-state index contributed by atoms with van der Waals surface area (Å²) in [5.74, 6) is 0.196. The molecule has 0 saturated heterocycles. The summed E-state index contributed by atoms with van der Waals surface area (Å²) in [6.45, 7) is 4.62. The molecular formula is C13H23N3O2S. The van der Waals surface area contributed by atoms with E-state index in [2.05, 4.69) is 4.72 Å². The molecule has 0 aliphatic carbocycles. The van der Waals surface area contributed by atoms with Crippen LogP contribution < -0.4 is 10.5 Å². The van der Waals surface area contributed by atoms with E-state index in [1.54, 1.807) is 18.2 Å². The van der Waals surface area contributed by atoms with E-state index in [0.29, 0.717) is 6.54 Å². The van der Waals surface area contributed by atoms with Gasteiger partial charge in [-0.2, -0.15) is 0 Å². The normalized spacial score (nSPS) is 14.0. The molecule has 0 aliphatic heterocycles. The van der Waals surface area contributed by atoms with Gasteiger partial charge in [0.05, 0.1) is 5.69 Å². The number of hydrogen-bond donors (Lipinski definition) is 2. The van der Waals surface area contributed by atoms with E-state index >= 15 is 0 Å². The number of anilines is 1. The van der Waals surface area contributed by atoms with E-state index in [0.717, 1.165) is 0 Å². The van der Waals surface area contributed by atoms with Crippen molar-refractivity contribution in [3.05, 3.63) is 24.3 Å². The van der Waals surface area contributed by atoms with Crippen molar-refractivity contribution in [1.29, 1.82) is 0 Å². The fraction of sp³-hybridized carbons (Fsp3) is 0.538. The van der Waals surface area contributed by atoms with Crippen LogP contribution in [0.1, 0.15) is 13.8 Å². The maximum Gasteiger partial charge on any atom is 0.242 e. The fourth-order valence-electron chi connectivity index (χ4n) is 1.77. The van der Waals surface area contributed by atoms with Crippen molar-refractivity contribution in [1.82, 2.24) is 9.62 Å². The van der Waals surface area contributed by atoms with Gasteiger partial charge in [0.15, 0.2) is 0 Å². The Morgan fingerprint density at radius 3 is 2.32 bits per heavy atom. The summed E-state index contributed by atoms with van der Waals surface area (Å²) in [4.78, 5) is 2.10. The average Bonchev–Trinajstić information content (AvgIpc) is 2.27. The van der Waals surface area contributed by atoms with Crippen LogP contribution in [-0.2, 0) is 10.0 Å². The number of nitrogens with one attached hydrogen (secondary N) is 1. The lowest BCUT2D eigenvalue weighted by atomic mass is 10.1. The number of nitrogen functional groups attached to an aromatic ring is 1. The van der Waals surface area contributed by atoms with E-state index in [1.165, 1.54) is 6.07 Å². The molecule has 0 bridgehead atoms. The van der Waals surface area contributed by atoms with Crippen LogP contribution in [0.3, 0.4) is 0 Å². The first-order chi connectivity index (χ1) is 8.74. The summed E-state index contributed by atoms with van der Waals surface area (Å²) < 4.78 is 27.4. The third kappa shape index (κ3) is 4.49.